The molecular weight excluding hydrogens is 218 g/mol. The van der Waals surface area contributed by atoms with E-state index in [2.05, 4.69) is 0 Å². The van der Waals surface area contributed by atoms with Gasteiger partial charge in [-0.15, -0.1) is 0 Å². The fourth-order valence-electron chi connectivity index (χ4n) is 2.44. The Labute approximate surface area is 89.4 Å². The molecule has 0 N–H and O–H groups in total. The molecule has 3 fully saturated rings. The molecule has 6 heteroatoms. The van der Waals surface area contributed by atoms with Crippen molar-refractivity contribution in [3.63, 3.8) is 0 Å². The van der Waals surface area contributed by atoms with Crippen molar-refractivity contribution in [3.05, 3.63) is 0 Å². The van der Waals surface area contributed by atoms with Crippen LogP contribution in [0.2, 0.25) is 0 Å². The molecule has 15 heavy (non-hydrogen) atoms. The van der Waals surface area contributed by atoms with Gasteiger partial charge in [0.15, 0.2) is 0 Å². The summed E-state index contributed by atoms with van der Waals surface area (Å²) in [6, 6.07) is 0.115. The number of nitrogens with zero attached hydrogens (tertiary/aromatic N) is 1. The Morgan fingerprint density at radius 2 is 2.07 bits per heavy atom. The SMILES string of the molecule is O=S(=O)([C@@H]1CCOC1)N1[C@@H]2CCCO[C@@H]21. The lowest BCUT2D eigenvalue weighted by Gasteiger charge is -2.10. The third-order valence-corrected chi connectivity index (χ3v) is 5.63. The molecule has 3 aliphatic heterocycles. The topological polar surface area (TPSA) is 55.6 Å². The minimum atomic E-state index is -3.16. The van der Waals surface area contributed by atoms with E-state index in [4.69, 9.17) is 9.47 Å². The van der Waals surface area contributed by atoms with Crippen molar-refractivity contribution < 1.29 is 17.9 Å². The van der Waals surface area contributed by atoms with Gasteiger partial charge in [-0.2, -0.15) is 4.31 Å². The third-order valence-electron chi connectivity index (χ3n) is 3.35. The summed E-state index contributed by atoms with van der Waals surface area (Å²) in [7, 11) is -3.16. The minimum Gasteiger partial charge on any atom is -0.380 e. The highest BCUT2D eigenvalue weighted by molar-refractivity contribution is 7.90. The lowest BCUT2D eigenvalue weighted by Crippen LogP contribution is -2.29. The number of hydrogen-bond acceptors (Lipinski definition) is 4. The first kappa shape index (κ1) is 10.0. The van der Waals surface area contributed by atoms with Crippen LogP contribution >= 0.6 is 0 Å². The van der Waals surface area contributed by atoms with Crippen LogP contribution in [-0.2, 0) is 19.5 Å². The van der Waals surface area contributed by atoms with E-state index < -0.39 is 10.0 Å². The van der Waals surface area contributed by atoms with E-state index in [-0.39, 0.29) is 17.5 Å². The molecule has 86 valence electrons. The molecule has 0 spiro atoms. The second-order valence-corrected chi connectivity index (χ2v) is 6.45. The van der Waals surface area contributed by atoms with E-state index in [1.807, 2.05) is 0 Å². The first-order chi connectivity index (χ1) is 7.21. The second kappa shape index (κ2) is 3.41. The van der Waals surface area contributed by atoms with Crippen LogP contribution in [-0.4, -0.2) is 50.1 Å². The number of rotatable bonds is 2. The van der Waals surface area contributed by atoms with Crippen molar-refractivity contribution in [2.45, 2.75) is 36.8 Å². The van der Waals surface area contributed by atoms with E-state index in [0.717, 1.165) is 12.8 Å². The molecule has 0 aromatic carbocycles. The number of sulfonamides is 1. The average molecular weight is 233 g/mol. The van der Waals surface area contributed by atoms with Crippen molar-refractivity contribution in [2.24, 2.45) is 0 Å². The monoisotopic (exact) mass is 233 g/mol. The van der Waals surface area contributed by atoms with Gasteiger partial charge in [-0.05, 0) is 19.3 Å². The summed E-state index contributed by atoms with van der Waals surface area (Å²) < 4.78 is 36.3. The molecule has 0 amide bonds. The summed E-state index contributed by atoms with van der Waals surface area (Å²) in [5.74, 6) is 0. The van der Waals surface area contributed by atoms with Gasteiger partial charge >= 0.3 is 0 Å². The molecule has 0 radical (unpaired) electrons. The minimum absolute atomic E-state index is 0.115. The quantitative estimate of drug-likeness (QED) is 0.626. The molecule has 5 nitrogen and oxygen atoms in total. The lowest BCUT2D eigenvalue weighted by molar-refractivity contribution is 0.0785. The predicted octanol–water partition coefficient (Wildman–Crippen LogP) is -0.0742. The molecule has 0 bridgehead atoms. The highest BCUT2D eigenvalue weighted by atomic mass is 32.2. The maximum atomic E-state index is 12.1. The van der Waals surface area contributed by atoms with Crippen LogP contribution in [0.25, 0.3) is 0 Å². The van der Waals surface area contributed by atoms with E-state index in [1.165, 1.54) is 0 Å². The number of hydrogen-bond donors (Lipinski definition) is 0. The fraction of sp³-hybridized carbons (Fsp3) is 1.00. The smallest absolute Gasteiger partial charge is 0.221 e. The van der Waals surface area contributed by atoms with Crippen molar-refractivity contribution >= 4 is 10.0 Å². The standard InChI is InChI=1S/C9H15NO4S/c11-15(12,7-3-5-13-6-7)10-8-2-1-4-14-9(8)10/h7-9H,1-6H2/t7-,8-,9+,10?/m1/s1. The summed E-state index contributed by atoms with van der Waals surface area (Å²) in [5.41, 5.74) is 0. The van der Waals surface area contributed by atoms with Crippen LogP contribution in [0.3, 0.4) is 0 Å². The third kappa shape index (κ3) is 1.51. The summed E-state index contributed by atoms with van der Waals surface area (Å²) in [6.45, 7) is 1.60. The van der Waals surface area contributed by atoms with Crippen molar-refractivity contribution in [1.82, 2.24) is 4.31 Å². The highest BCUT2D eigenvalue weighted by Gasteiger charge is 2.59. The maximum absolute atomic E-state index is 12.1. The zero-order chi connectivity index (χ0) is 10.5. The molecule has 0 aromatic heterocycles. The van der Waals surface area contributed by atoms with Crippen molar-refractivity contribution in [1.29, 1.82) is 0 Å². The molecule has 3 heterocycles. The fourth-order valence-corrected chi connectivity index (χ4v) is 4.47. The van der Waals surface area contributed by atoms with Crippen LogP contribution in [0.1, 0.15) is 19.3 Å². The van der Waals surface area contributed by atoms with Gasteiger partial charge in [0.25, 0.3) is 0 Å². The second-order valence-electron chi connectivity index (χ2n) is 4.33. The zero-order valence-corrected chi connectivity index (χ0v) is 9.28. The van der Waals surface area contributed by atoms with Crippen LogP contribution in [0, 0.1) is 0 Å². The van der Waals surface area contributed by atoms with Gasteiger partial charge < -0.3 is 9.47 Å². The normalized spacial score (nSPS) is 45.1. The molecule has 1 unspecified atom stereocenters. The number of fused-ring (bicyclic) bond motifs is 1. The summed E-state index contributed by atoms with van der Waals surface area (Å²) in [5, 5.41) is -0.341. The largest absolute Gasteiger partial charge is 0.380 e. The Balaban J connectivity index is 1.76. The van der Waals surface area contributed by atoms with Gasteiger partial charge in [0, 0.05) is 13.2 Å². The van der Waals surface area contributed by atoms with Gasteiger partial charge in [0.2, 0.25) is 10.0 Å². The molecule has 3 aliphatic rings. The predicted molar refractivity (Wildman–Crippen MR) is 52.7 cm³/mol. The Kier molecular flexibility index (Phi) is 2.28. The van der Waals surface area contributed by atoms with Crippen molar-refractivity contribution in [2.75, 3.05) is 19.8 Å². The molecule has 0 saturated carbocycles. The maximum Gasteiger partial charge on any atom is 0.221 e. The molecule has 0 aromatic rings. The first-order valence-electron chi connectivity index (χ1n) is 5.43. The molecule has 3 saturated heterocycles. The van der Waals surface area contributed by atoms with Crippen LogP contribution in [0.15, 0.2) is 0 Å². The Hall–Kier alpha value is -0.170. The van der Waals surface area contributed by atoms with E-state index in [9.17, 15) is 8.42 Å². The first-order valence-corrected chi connectivity index (χ1v) is 6.93. The molecular formula is C9H15NO4S. The Morgan fingerprint density at radius 1 is 1.20 bits per heavy atom. The van der Waals surface area contributed by atoms with Crippen LogP contribution in [0.5, 0.6) is 0 Å². The Bertz CT molecular complexity index is 337. The zero-order valence-electron chi connectivity index (χ0n) is 8.46. The summed E-state index contributed by atoms with van der Waals surface area (Å²) in [4.78, 5) is 0. The van der Waals surface area contributed by atoms with Crippen LogP contribution in [0.4, 0.5) is 0 Å². The van der Waals surface area contributed by atoms with Gasteiger partial charge in [0.1, 0.15) is 11.5 Å². The number of ether oxygens (including phenoxy) is 2. The Morgan fingerprint density at radius 3 is 2.67 bits per heavy atom. The van der Waals surface area contributed by atoms with E-state index in [1.54, 1.807) is 4.31 Å². The summed E-state index contributed by atoms with van der Waals surface area (Å²) in [6.07, 6.45) is 2.37. The lowest BCUT2D eigenvalue weighted by atomic mass is 10.2. The molecule has 0 aliphatic carbocycles. The van der Waals surface area contributed by atoms with Crippen molar-refractivity contribution in [3.8, 4) is 0 Å². The van der Waals surface area contributed by atoms with Crippen LogP contribution < -0.4 is 0 Å². The average Bonchev–Trinajstić information content (AvgIpc) is 2.71. The highest BCUT2D eigenvalue weighted by Crippen LogP contribution is 2.41. The van der Waals surface area contributed by atoms with Gasteiger partial charge in [-0.25, -0.2) is 8.42 Å². The van der Waals surface area contributed by atoms with Gasteiger partial charge in [0.05, 0.1) is 12.6 Å². The van der Waals surface area contributed by atoms with E-state index in [0.29, 0.717) is 26.2 Å². The van der Waals surface area contributed by atoms with E-state index >= 15 is 0 Å². The molecule has 3 rings (SSSR count). The van der Waals surface area contributed by atoms with Gasteiger partial charge in [-0.3, -0.25) is 0 Å². The molecule has 4 atom stereocenters. The van der Waals surface area contributed by atoms with Gasteiger partial charge in [-0.1, -0.05) is 0 Å². The summed E-state index contributed by atoms with van der Waals surface area (Å²) >= 11 is 0.